The van der Waals surface area contributed by atoms with Crippen molar-refractivity contribution >= 4 is 52.5 Å². The SMILES string of the molecule is CCNC(=NCc1csc(N(C)C)n1)NCC(NC(=O)OC(C)(C)C)c1ccccc1.I. The lowest BCUT2D eigenvalue weighted by molar-refractivity contribution is 0.0504. The summed E-state index contributed by atoms with van der Waals surface area (Å²) in [4.78, 5) is 23.5. The number of carbonyl (C=O) groups excluding carboxylic acids is 1. The van der Waals surface area contributed by atoms with E-state index in [-0.39, 0.29) is 30.0 Å². The van der Waals surface area contributed by atoms with Crippen LogP contribution in [0.1, 0.15) is 45.0 Å². The van der Waals surface area contributed by atoms with E-state index in [9.17, 15) is 4.79 Å². The third kappa shape index (κ3) is 10.0. The number of amides is 1. The van der Waals surface area contributed by atoms with E-state index in [1.165, 1.54) is 0 Å². The Morgan fingerprint density at radius 1 is 1.22 bits per heavy atom. The Balaban J connectivity index is 0.00000512. The van der Waals surface area contributed by atoms with Gasteiger partial charge >= 0.3 is 6.09 Å². The van der Waals surface area contributed by atoms with Crippen LogP contribution in [0.5, 0.6) is 0 Å². The summed E-state index contributed by atoms with van der Waals surface area (Å²) in [6, 6.07) is 9.52. The molecule has 0 saturated carbocycles. The standard InChI is InChI=1S/C22H34N6O2S.HI/c1-7-23-19(24-13-17-15-31-20(26-17)28(5)6)25-14-18(16-11-9-8-10-12-16)27-21(29)30-22(2,3)4;/h8-12,15,18H,7,13-14H2,1-6H3,(H,27,29)(H2,23,24,25);1H. The maximum absolute atomic E-state index is 12.4. The summed E-state index contributed by atoms with van der Waals surface area (Å²) < 4.78 is 5.44. The molecule has 0 aliphatic rings. The second kappa shape index (κ2) is 13.5. The highest BCUT2D eigenvalue weighted by molar-refractivity contribution is 14.0. The van der Waals surface area contributed by atoms with Gasteiger partial charge in [0.05, 0.1) is 18.3 Å². The molecule has 10 heteroatoms. The van der Waals surface area contributed by atoms with Gasteiger partial charge in [0, 0.05) is 32.6 Å². The van der Waals surface area contributed by atoms with Gasteiger partial charge in [-0.15, -0.1) is 35.3 Å². The maximum atomic E-state index is 12.4. The Bertz CT molecular complexity index is 852. The quantitative estimate of drug-likeness (QED) is 0.250. The summed E-state index contributed by atoms with van der Waals surface area (Å²) >= 11 is 1.59. The maximum Gasteiger partial charge on any atom is 0.408 e. The van der Waals surface area contributed by atoms with Crippen molar-refractivity contribution in [1.29, 1.82) is 0 Å². The van der Waals surface area contributed by atoms with Crippen LogP contribution in [0.15, 0.2) is 40.7 Å². The van der Waals surface area contributed by atoms with Crippen molar-refractivity contribution in [3.05, 3.63) is 47.0 Å². The number of aliphatic imine (C=N–C) groups is 1. The first kappa shape index (κ1) is 28.0. The molecular weight excluding hydrogens is 539 g/mol. The molecule has 32 heavy (non-hydrogen) atoms. The summed E-state index contributed by atoms with van der Waals surface area (Å²) in [6.07, 6.45) is -0.455. The van der Waals surface area contributed by atoms with E-state index in [1.807, 2.05) is 82.4 Å². The predicted molar refractivity (Wildman–Crippen MR) is 143 cm³/mol. The average molecular weight is 575 g/mol. The summed E-state index contributed by atoms with van der Waals surface area (Å²) in [6.45, 7) is 9.19. The first-order valence-electron chi connectivity index (χ1n) is 10.4. The molecule has 1 heterocycles. The van der Waals surface area contributed by atoms with Gasteiger partial charge in [0.1, 0.15) is 5.60 Å². The number of hydrogen-bond donors (Lipinski definition) is 3. The van der Waals surface area contributed by atoms with Crippen molar-refractivity contribution < 1.29 is 9.53 Å². The Hall–Kier alpha value is -2.08. The van der Waals surface area contributed by atoms with Gasteiger partial charge in [-0.3, -0.25) is 0 Å². The molecule has 3 N–H and O–H groups in total. The zero-order chi connectivity index (χ0) is 22.9. The van der Waals surface area contributed by atoms with Crippen LogP contribution < -0.4 is 20.9 Å². The van der Waals surface area contributed by atoms with Crippen LogP contribution in [0.2, 0.25) is 0 Å². The third-order valence-corrected chi connectivity index (χ3v) is 5.09. The monoisotopic (exact) mass is 574 g/mol. The molecule has 1 aromatic carbocycles. The molecule has 1 aromatic heterocycles. The molecule has 0 saturated heterocycles. The first-order valence-corrected chi connectivity index (χ1v) is 11.2. The number of rotatable bonds is 8. The number of nitrogens with zero attached hydrogens (tertiary/aromatic N) is 3. The minimum absolute atomic E-state index is 0. The molecule has 2 rings (SSSR count). The van der Waals surface area contributed by atoms with Gasteiger partial charge in [0.2, 0.25) is 0 Å². The fraction of sp³-hybridized carbons (Fsp3) is 0.500. The van der Waals surface area contributed by atoms with Crippen LogP contribution in [-0.2, 0) is 11.3 Å². The minimum Gasteiger partial charge on any atom is -0.444 e. The first-order chi connectivity index (χ1) is 14.7. The lowest BCUT2D eigenvalue weighted by Gasteiger charge is -2.24. The molecule has 0 spiro atoms. The van der Waals surface area contributed by atoms with Gasteiger partial charge in [0.25, 0.3) is 0 Å². The predicted octanol–water partition coefficient (Wildman–Crippen LogP) is 4.15. The average Bonchev–Trinajstić information content (AvgIpc) is 3.17. The Labute approximate surface area is 212 Å². The highest BCUT2D eigenvalue weighted by Gasteiger charge is 2.20. The number of hydrogen-bond acceptors (Lipinski definition) is 6. The number of alkyl carbamates (subject to hydrolysis) is 1. The molecule has 2 aromatic rings. The molecule has 0 bridgehead atoms. The molecular formula is C22H35IN6O2S. The van der Waals surface area contributed by atoms with E-state index in [0.717, 1.165) is 22.9 Å². The summed E-state index contributed by atoms with van der Waals surface area (Å²) in [5, 5.41) is 12.5. The van der Waals surface area contributed by atoms with Crippen molar-refractivity contribution in [2.45, 2.75) is 45.9 Å². The summed E-state index contributed by atoms with van der Waals surface area (Å²) in [7, 11) is 3.94. The van der Waals surface area contributed by atoms with Gasteiger partial charge in [-0.2, -0.15) is 0 Å². The van der Waals surface area contributed by atoms with E-state index >= 15 is 0 Å². The van der Waals surface area contributed by atoms with Gasteiger partial charge in [0.15, 0.2) is 11.1 Å². The molecule has 1 amide bonds. The second-order valence-electron chi connectivity index (χ2n) is 8.20. The number of anilines is 1. The molecule has 0 aliphatic heterocycles. The zero-order valence-corrected chi connectivity index (χ0v) is 22.8. The minimum atomic E-state index is -0.561. The third-order valence-electron chi connectivity index (χ3n) is 4.03. The number of benzene rings is 1. The van der Waals surface area contributed by atoms with Crippen LogP contribution in [0.3, 0.4) is 0 Å². The highest BCUT2D eigenvalue weighted by Crippen LogP contribution is 2.18. The van der Waals surface area contributed by atoms with Crippen LogP contribution in [0.4, 0.5) is 9.93 Å². The number of aromatic nitrogens is 1. The topological polar surface area (TPSA) is 90.9 Å². The largest absolute Gasteiger partial charge is 0.444 e. The van der Waals surface area contributed by atoms with Crippen LogP contribution in [-0.4, -0.2) is 49.8 Å². The number of thiazole rings is 1. The molecule has 1 atom stereocenters. The highest BCUT2D eigenvalue weighted by atomic mass is 127. The Morgan fingerprint density at radius 2 is 1.91 bits per heavy atom. The van der Waals surface area contributed by atoms with Crippen molar-refractivity contribution in [2.24, 2.45) is 4.99 Å². The van der Waals surface area contributed by atoms with Crippen LogP contribution in [0.25, 0.3) is 0 Å². The van der Waals surface area contributed by atoms with E-state index < -0.39 is 11.7 Å². The van der Waals surface area contributed by atoms with Crippen LogP contribution in [0, 0.1) is 0 Å². The van der Waals surface area contributed by atoms with E-state index in [4.69, 9.17) is 4.74 Å². The van der Waals surface area contributed by atoms with Gasteiger partial charge < -0.3 is 25.6 Å². The number of halogens is 1. The zero-order valence-electron chi connectivity index (χ0n) is 19.6. The van der Waals surface area contributed by atoms with Gasteiger partial charge in [-0.25, -0.2) is 14.8 Å². The Kier molecular flexibility index (Phi) is 11.8. The fourth-order valence-corrected chi connectivity index (χ4v) is 3.41. The van der Waals surface area contributed by atoms with E-state index in [2.05, 4.69) is 25.9 Å². The Morgan fingerprint density at radius 3 is 2.47 bits per heavy atom. The summed E-state index contributed by atoms with van der Waals surface area (Å²) in [5.41, 5.74) is 1.33. The molecule has 178 valence electrons. The number of guanidine groups is 1. The van der Waals surface area contributed by atoms with Crippen molar-refractivity contribution in [3.8, 4) is 0 Å². The van der Waals surface area contributed by atoms with Gasteiger partial charge in [-0.05, 0) is 33.3 Å². The molecule has 1 unspecified atom stereocenters. The molecule has 0 fully saturated rings. The molecule has 0 aliphatic carbocycles. The lowest BCUT2D eigenvalue weighted by atomic mass is 10.1. The number of ether oxygens (including phenoxy) is 1. The van der Waals surface area contributed by atoms with Gasteiger partial charge in [-0.1, -0.05) is 30.3 Å². The second-order valence-corrected chi connectivity index (χ2v) is 9.04. The molecule has 8 nitrogen and oxygen atoms in total. The normalized spacial score (nSPS) is 12.4. The number of nitrogens with one attached hydrogen (secondary N) is 3. The number of carbonyl (C=O) groups is 1. The molecule has 0 radical (unpaired) electrons. The van der Waals surface area contributed by atoms with Crippen LogP contribution >= 0.6 is 35.3 Å². The van der Waals surface area contributed by atoms with E-state index in [0.29, 0.717) is 19.0 Å². The fourth-order valence-electron chi connectivity index (χ4n) is 2.66. The van der Waals surface area contributed by atoms with Crippen molar-refractivity contribution in [1.82, 2.24) is 20.9 Å². The van der Waals surface area contributed by atoms with E-state index in [1.54, 1.807) is 11.3 Å². The van der Waals surface area contributed by atoms with Crippen molar-refractivity contribution in [3.63, 3.8) is 0 Å². The summed E-state index contributed by atoms with van der Waals surface area (Å²) in [5.74, 6) is 0.661. The smallest absolute Gasteiger partial charge is 0.408 e. The van der Waals surface area contributed by atoms with Crippen molar-refractivity contribution in [2.75, 3.05) is 32.1 Å². The lowest BCUT2D eigenvalue weighted by Crippen LogP contribution is -2.44.